The number of benzene rings is 1. The summed E-state index contributed by atoms with van der Waals surface area (Å²) in [6, 6.07) is 2.97. The minimum atomic E-state index is -4.54. The highest BCUT2D eigenvalue weighted by Gasteiger charge is 2.43. The molecule has 1 aromatic carbocycles. The first kappa shape index (κ1) is 20.5. The summed E-state index contributed by atoms with van der Waals surface area (Å²) in [5.41, 5.74) is -2.72. The fourth-order valence-electron chi connectivity index (χ4n) is 3.65. The number of amides is 1. The molecule has 0 aliphatic carbocycles. The Labute approximate surface area is 161 Å². The highest BCUT2D eigenvalue weighted by atomic mass is 19.4. The molecule has 0 radical (unpaired) electrons. The zero-order valence-corrected chi connectivity index (χ0v) is 16.3. The van der Waals surface area contributed by atoms with Crippen molar-refractivity contribution in [3.8, 4) is 0 Å². The van der Waals surface area contributed by atoms with E-state index in [4.69, 9.17) is 9.15 Å². The number of furan rings is 1. The maximum absolute atomic E-state index is 13.3. The molecular weight excluding hydrogens is 375 g/mol. The molecule has 2 aromatic rings. The van der Waals surface area contributed by atoms with Crippen molar-refractivity contribution in [2.45, 2.75) is 64.0 Å². The number of halogens is 3. The largest absolute Gasteiger partial charge is 0.464 e. The number of hydrogen-bond acceptors (Lipinski definition) is 4. The molecule has 1 saturated heterocycles. The summed E-state index contributed by atoms with van der Waals surface area (Å²) in [5, 5.41) is 11.5. The fourth-order valence-corrected chi connectivity index (χ4v) is 3.65. The van der Waals surface area contributed by atoms with Gasteiger partial charge in [0.1, 0.15) is 11.2 Å². The number of fused-ring (bicyclic) bond motifs is 1. The van der Waals surface area contributed by atoms with E-state index in [1.165, 1.54) is 17.2 Å². The van der Waals surface area contributed by atoms with Crippen molar-refractivity contribution < 1.29 is 32.2 Å². The van der Waals surface area contributed by atoms with Crippen molar-refractivity contribution >= 4 is 17.1 Å². The van der Waals surface area contributed by atoms with Gasteiger partial charge in [-0.15, -0.1) is 0 Å². The van der Waals surface area contributed by atoms with E-state index in [0.29, 0.717) is 0 Å². The first-order valence-electron chi connectivity index (χ1n) is 9.11. The minimum absolute atomic E-state index is 0.0728. The lowest BCUT2D eigenvalue weighted by Gasteiger charge is -2.43. The van der Waals surface area contributed by atoms with Crippen LogP contribution in [0.15, 0.2) is 28.9 Å². The van der Waals surface area contributed by atoms with Crippen LogP contribution in [0.1, 0.15) is 51.7 Å². The summed E-state index contributed by atoms with van der Waals surface area (Å²) < 4.78 is 50.7. The Morgan fingerprint density at radius 2 is 2.00 bits per heavy atom. The molecule has 1 N–H and O–H groups in total. The second kappa shape index (κ2) is 6.69. The lowest BCUT2D eigenvalue weighted by atomic mass is 9.80. The lowest BCUT2D eigenvalue weighted by molar-refractivity contribution is -0.137. The Morgan fingerprint density at radius 1 is 1.32 bits per heavy atom. The predicted octanol–water partition coefficient (Wildman–Crippen LogP) is 5.06. The van der Waals surface area contributed by atoms with E-state index in [1.54, 1.807) is 27.7 Å². The summed E-state index contributed by atoms with van der Waals surface area (Å²) in [7, 11) is 0. The molecule has 8 heteroatoms. The van der Waals surface area contributed by atoms with E-state index in [9.17, 15) is 23.1 Å². The van der Waals surface area contributed by atoms with Crippen LogP contribution in [-0.2, 0) is 16.5 Å². The number of carbonyl (C=O) groups excluding carboxylic acids is 1. The topological polar surface area (TPSA) is 62.9 Å². The van der Waals surface area contributed by atoms with Crippen LogP contribution in [0.5, 0.6) is 0 Å². The Hall–Kier alpha value is -2.22. The van der Waals surface area contributed by atoms with Gasteiger partial charge in [-0.25, -0.2) is 4.79 Å². The number of hydrogen-bond donors (Lipinski definition) is 1. The van der Waals surface area contributed by atoms with E-state index < -0.39 is 35.1 Å². The van der Waals surface area contributed by atoms with Crippen molar-refractivity contribution in [3.05, 3.63) is 35.6 Å². The molecule has 28 heavy (non-hydrogen) atoms. The smallest absolute Gasteiger partial charge is 0.416 e. The average molecular weight is 399 g/mol. The molecule has 1 amide bonds. The minimum Gasteiger partial charge on any atom is -0.464 e. The number of piperidine rings is 1. The standard InChI is InChI=1S/C20H24F3NO4/c1-12-11-19(26,6-7-24(12)17(25)28-18(2,3)4)15-10-14(20(21,22)23)9-13-5-8-27-16(13)15/h5,8-10,12,26H,6-7,11H2,1-4H3. The van der Waals surface area contributed by atoms with Gasteiger partial charge in [-0.2, -0.15) is 13.2 Å². The molecule has 154 valence electrons. The maximum atomic E-state index is 13.3. The molecular formula is C20H24F3NO4. The third-order valence-electron chi connectivity index (χ3n) is 4.94. The van der Waals surface area contributed by atoms with Gasteiger partial charge in [0, 0.05) is 30.0 Å². The number of nitrogens with zero attached hydrogens (tertiary/aromatic N) is 1. The second-order valence-corrected chi connectivity index (χ2v) is 8.37. The zero-order chi connectivity index (χ0) is 20.9. The molecule has 1 aliphatic rings. The van der Waals surface area contributed by atoms with Crippen LogP contribution < -0.4 is 0 Å². The molecule has 0 spiro atoms. The fraction of sp³-hybridized carbons (Fsp3) is 0.550. The molecule has 1 fully saturated rings. The van der Waals surface area contributed by atoms with Gasteiger partial charge >= 0.3 is 12.3 Å². The van der Waals surface area contributed by atoms with E-state index in [0.717, 1.165) is 12.1 Å². The highest BCUT2D eigenvalue weighted by Crippen LogP contribution is 2.42. The van der Waals surface area contributed by atoms with Gasteiger partial charge in [0.15, 0.2) is 0 Å². The number of ether oxygens (including phenoxy) is 1. The average Bonchev–Trinajstić information content (AvgIpc) is 2.99. The van der Waals surface area contributed by atoms with Crippen molar-refractivity contribution in [3.63, 3.8) is 0 Å². The zero-order valence-electron chi connectivity index (χ0n) is 16.3. The quantitative estimate of drug-likeness (QED) is 0.728. The summed E-state index contributed by atoms with van der Waals surface area (Å²) in [6.45, 7) is 7.16. The summed E-state index contributed by atoms with van der Waals surface area (Å²) in [6.07, 6.45) is -3.60. The molecule has 3 rings (SSSR count). The highest BCUT2D eigenvalue weighted by molar-refractivity contribution is 5.82. The van der Waals surface area contributed by atoms with Crippen LogP contribution in [0.3, 0.4) is 0 Å². The molecule has 2 atom stereocenters. The van der Waals surface area contributed by atoms with Crippen molar-refractivity contribution in [2.24, 2.45) is 0 Å². The molecule has 2 unspecified atom stereocenters. The monoisotopic (exact) mass is 399 g/mol. The lowest BCUT2D eigenvalue weighted by Crippen LogP contribution is -2.51. The van der Waals surface area contributed by atoms with Gasteiger partial charge in [-0.1, -0.05) is 0 Å². The SMILES string of the molecule is CC1CC(O)(c2cc(C(F)(F)F)cc3ccoc23)CCN1C(=O)OC(C)(C)C. The summed E-state index contributed by atoms with van der Waals surface area (Å²) in [5.74, 6) is 0. The van der Waals surface area contributed by atoms with E-state index >= 15 is 0 Å². The van der Waals surface area contributed by atoms with Gasteiger partial charge in [-0.05, 0) is 52.3 Å². The maximum Gasteiger partial charge on any atom is 0.416 e. The molecule has 1 aliphatic heterocycles. The molecule has 0 saturated carbocycles. The van der Waals surface area contributed by atoms with Crippen molar-refractivity contribution in [1.29, 1.82) is 0 Å². The molecule has 1 aromatic heterocycles. The van der Waals surface area contributed by atoms with Crippen LogP contribution in [-0.4, -0.2) is 34.3 Å². The third-order valence-corrected chi connectivity index (χ3v) is 4.94. The van der Waals surface area contributed by atoms with E-state index in [2.05, 4.69) is 0 Å². The van der Waals surface area contributed by atoms with Crippen LogP contribution in [0.4, 0.5) is 18.0 Å². The Balaban J connectivity index is 1.93. The third kappa shape index (κ3) is 3.97. The van der Waals surface area contributed by atoms with Crippen LogP contribution >= 0.6 is 0 Å². The summed E-state index contributed by atoms with van der Waals surface area (Å²) in [4.78, 5) is 13.9. The van der Waals surface area contributed by atoms with Crippen molar-refractivity contribution in [2.75, 3.05) is 6.54 Å². The Morgan fingerprint density at radius 3 is 2.57 bits per heavy atom. The molecule has 5 nitrogen and oxygen atoms in total. The number of aliphatic hydroxyl groups is 1. The summed E-state index contributed by atoms with van der Waals surface area (Å²) >= 11 is 0. The first-order chi connectivity index (χ1) is 12.8. The Bertz CT molecular complexity index is 884. The van der Waals surface area contributed by atoms with Crippen LogP contribution in [0.2, 0.25) is 0 Å². The molecule has 0 bridgehead atoms. The predicted molar refractivity (Wildman–Crippen MR) is 96.7 cm³/mol. The van der Waals surface area contributed by atoms with Gasteiger partial charge in [-0.3, -0.25) is 0 Å². The van der Waals surface area contributed by atoms with E-state index in [1.807, 2.05) is 0 Å². The molecule has 2 heterocycles. The Kier molecular flexibility index (Phi) is 4.90. The van der Waals surface area contributed by atoms with Gasteiger partial charge in [0.05, 0.1) is 17.4 Å². The van der Waals surface area contributed by atoms with E-state index in [-0.39, 0.29) is 35.9 Å². The van der Waals surface area contributed by atoms with Gasteiger partial charge in [0.25, 0.3) is 0 Å². The van der Waals surface area contributed by atoms with Crippen molar-refractivity contribution in [1.82, 2.24) is 4.90 Å². The number of carbonyl (C=O) groups is 1. The number of alkyl halides is 3. The normalized spacial score (nSPS) is 23.9. The number of rotatable bonds is 1. The first-order valence-corrected chi connectivity index (χ1v) is 9.11. The van der Waals surface area contributed by atoms with Crippen LogP contribution in [0.25, 0.3) is 11.0 Å². The van der Waals surface area contributed by atoms with Gasteiger partial charge in [0.2, 0.25) is 0 Å². The second-order valence-electron chi connectivity index (χ2n) is 8.37. The van der Waals surface area contributed by atoms with Gasteiger partial charge < -0.3 is 19.2 Å². The number of likely N-dealkylation sites (tertiary alicyclic amines) is 1. The van der Waals surface area contributed by atoms with Crippen LogP contribution in [0, 0.1) is 0 Å².